The standard InChI is InChI=1S/C16H11N2O6S2.2Na.H2O/c19-13-7-6-10-8-12(25(20)21)9-14(26(22,23)24)15(10)16(13)18-17-11-4-2-1-3-5-11;;;/h1-9,19H,(H,22,23,24);;;1H2/q-1;2*+1;/p-2. The van der Waals surface area contributed by atoms with Gasteiger partial charge in [-0.3, -0.25) is 0 Å². The van der Waals surface area contributed by atoms with Crippen LogP contribution < -0.4 is 59.1 Å². The maximum Gasteiger partial charge on any atom is 1.00 e. The molecule has 0 amide bonds. The van der Waals surface area contributed by atoms with Crippen molar-refractivity contribution >= 4 is 43.0 Å². The van der Waals surface area contributed by atoms with E-state index in [1.54, 1.807) is 30.3 Å². The van der Waals surface area contributed by atoms with Gasteiger partial charge in [-0.05, 0) is 34.3 Å². The zero-order chi connectivity index (χ0) is 18.9. The third-order valence-corrected chi connectivity index (χ3v) is 4.97. The van der Waals surface area contributed by atoms with E-state index in [1.807, 2.05) is 0 Å². The molecule has 0 unspecified atom stereocenters. The van der Waals surface area contributed by atoms with Gasteiger partial charge in [0.25, 0.3) is 0 Å². The molecule has 29 heavy (non-hydrogen) atoms. The molecule has 0 fully saturated rings. The van der Waals surface area contributed by atoms with Gasteiger partial charge in [0.05, 0.1) is 10.6 Å². The van der Waals surface area contributed by atoms with Crippen LogP contribution in [0.4, 0.5) is 11.4 Å². The first-order valence-corrected chi connectivity index (χ1v) is 9.57. The van der Waals surface area contributed by atoms with E-state index in [4.69, 9.17) is 0 Å². The van der Waals surface area contributed by atoms with E-state index in [9.17, 15) is 26.5 Å². The fourth-order valence-electron chi connectivity index (χ4n) is 2.37. The molecule has 0 saturated heterocycles. The number of benzene rings is 3. The van der Waals surface area contributed by atoms with Crippen LogP contribution >= 0.6 is 0 Å². The molecule has 0 radical (unpaired) electrons. The van der Waals surface area contributed by atoms with Gasteiger partial charge < -0.3 is 23.6 Å². The van der Waals surface area contributed by atoms with Crippen LogP contribution in [0.2, 0.25) is 0 Å². The first-order valence-electron chi connectivity index (χ1n) is 7.09. The Hall–Kier alpha value is -0.860. The number of nitrogens with zero attached hydrogens (tertiary/aromatic N) is 2. The topological polar surface area (TPSA) is 166 Å². The summed E-state index contributed by atoms with van der Waals surface area (Å²) in [4.78, 5) is -1.17. The van der Waals surface area contributed by atoms with Gasteiger partial charge in [-0.2, -0.15) is 5.11 Å². The molecule has 3 rings (SSSR count). The summed E-state index contributed by atoms with van der Waals surface area (Å²) >= 11 is 0. The van der Waals surface area contributed by atoms with Crippen molar-refractivity contribution in [3.63, 3.8) is 0 Å². The minimum atomic E-state index is -5.04. The molecular weight excluding hydrogens is 442 g/mol. The summed E-state index contributed by atoms with van der Waals surface area (Å²) in [5, 5.41) is 17.8. The molecule has 0 atom stereocenters. The van der Waals surface area contributed by atoms with E-state index in [1.165, 1.54) is 18.2 Å². The summed E-state index contributed by atoms with van der Waals surface area (Å²) in [6, 6.07) is 12.9. The monoisotopic (exact) mass is 453 g/mol. The summed E-state index contributed by atoms with van der Waals surface area (Å²) in [6.45, 7) is 0. The normalized spacial score (nSPS) is 11.0. The summed E-state index contributed by atoms with van der Waals surface area (Å²) in [6.07, 6.45) is 0. The summed E-state index contributed by atoms with van der Waals surface area (Å²) in [5.74, 6) is -0.405. The first-order chi connectivity index (χ1) is 12.3. The zero-order valence-electron chi connectivity index (χ0n) is 15.3. The molecule has 0 spiro atoms. The summed E-state index contributed by atoms with van der Waals surface area (Å²) in [5.41, 5.74) is 0.191. The molecular formula is C16H11N2Na2O7S2-. The van der Waals surface area contributed by atoms with Gasteiger partial charge >= 0.3 is 59.1 Å². The van der Waals surface area contributed by atoms with Crippen LogP contribution in [0.15, 0.2) is 74.6 Å². The van der Waals surface area contributed by atoms with Crippen LogP contribution in [0, 0.1) is 0 Å². The third kappa shape index (κ3) is 6.56. The van der Waals surface area contributed by atoms with E-state index in [0.29, 0.717) is 5.69 Å². The molecule has 2 N–H and O–H groups in total. The van der Waals surface area contributed by atoms with Crippen molar-refractivity contribution in [3.8, 4) is 5.75 Å². The van der Waals surface area contributed by atoms with Crippen molar-refractivity contribution in [2.24, 2.45) is 10.2 Å². The van der Waals surface area contributed by atoms with Crippen LogP contribution in [-0.2, 0) is 29.2 Å². The second-order valence-corrected chi connectivity index (χ2v) is 7.47. The van der Waals surface area contributed by atoms with Crippen molar-refractivity contribution in [3.05, 3.63) is 54.6 Å². The number of rotatable bonds is 4. The number of aromatic hydroxyl groups is 1. The van der Waals surface area contributed by atoms with Gasteiger partial charge in [-0.25, -0.2) is 8.42 Å². The zero-order valence-corrected chi connectivity index (χ0v) is 21.0. The average molecular weight is 453 g/mol. The number of phenolic OH excluding ortho intramolecular Hbond substituents is 1. The summed E-state index contributed by atoms with van der Waals surface area (Å²) < 4.78 is 57.3. The molecule has 0 heterocycles. The Kier molecular flexibility index (Phi) is 11.2. The fraction of sp³-hybridized carbons (Fsp3) is 0. The van der Waals surface area contributed by atoms with Gasteiger partial charge in [0, 0.05) is 5.39 Å². The molecule has 0 aliphatic carbocycles. The molecule has 0 aromatic heterocycles. The molecule has 9 nitrogen and oxygen atoms in total. The second-order valence-electron chi connectivity index (χ2n) is 5.18. The quantitative estimate of drug-likeness (QED) is 0.195. The Bertz CT molecular complexity index is 1210. The Morgan fingerprint density at radius 1 is 0.931 bits per heavy atom. The van der Waals surface area contributed by atoms with Crippen LogP contribution in [-0.4, -0.2) is 23.6 Å². The molecule has 0 aliphatic heterocycles. The summed E-state index contributed by atoms with van der Waals surface area (Å²) in [7, 11) is -7.79. The number of hydrogen-bond acceptors (Lipinski definition) is 10. The molecule has 3 aromatic rings. The van der Waals surface area contributed by atoms with Crippen molar-refractivity contribution in [2.75, 3.05) is 0 Å². The van der Waals surface area contributed by atoms with Crippen molar-refractivity contribution in [1.29, 1.82) is 0 Å². The molecule has 0 saturated carbocycles. The van der Waals surface area contributed by atoms with Gasteiger partial charge in [-0.1, -0.05) is 41.3 Å². The number of azo groups is 1. The second kappa shape index (κ2) is 11.5. The Labute approximate surface area is 212 Å². The SMILES string of the molecule is O=[S-](=O)c1cc(S(=O)(=O)[O-])c2c(N=Nc3ccccc3)c(O)ccc2c1.[Na+].[Na+].[OH-]. The average Bonchev–Trinajstić information content (AvgIpc) is 2.60. The van der Waals surface area contributed by atoms with Gasteiger partial charge in [0.1, 0.15) is 21.6 Å². The van der Waals surface area contributed by atoms with Crippen molar-refractivity contribution < 1.29 is 91.1 Å². The van der Waals surface area contributed by atoms with E-state index in [-0.39, 0.29) is 85.9 Å². The Morgan fingerprint density at radius 2 is 1.55 bits per heavy atom. The van der Waals surface area contributed by atoms with Gasteiger partial charge in [-0.15, -0.1) is 5.11 Å². The Balaban J connectivity index is 0.00000261. The predicted molar refractivity (Wildman–Crippen MR) is 93.1 cm³/mol. The number of phenols is 1. The molecule has 0 bridgehead atoms. The molecule has 0 aliphatic rings. The molecule has 142 valence electrons. The smallest absolute Gasteiger partial charge is 0.870 e. The minimum absolute atomic E-state index is 0. The maximum atomic E-state index is 11.6. The van der Waals surface area contributed by atoms with E-state index < -0.39 is 31.5 Å². The number of fused-ring (bicyclic) bond motifs is 1. The maximum absolute atomic E-state index is 11.6. The molecule has 3 aromatic carbocycles. The van der Waals surface area contributed by atoms with E-state index >= 15 is 0 Å². The van der Waals surface area contributed by atoms with Gasteiger partial charge in [0.15, 0.2) is 0 Å². The minimum Gasteiger partial charge on any atom is -0.870 e. The fourth-order valence-corrected chi connectivity index (χ4v) is 3.62. The van der Waals surface area contributed by atoms with Crippen LogP contribution in [0.1, 0.15) is 0 Å². The van der Waals surface area contributed by atoms with Crippen LogP contribution in [0.3, 0.4) is 0 Å². The molecule has 13 heteroatoms. The van der Waals surface area contributed by atoms with Crippen molar-refractivity contribution in [1.82, 2.24) is 0 Å². The van der Waals surface area contributed by atoms with Crippen LogP contribution in [0.5, 0.6) is 5.75 Å². The predicted octanol–water partition coefficient (Wildman–Crippen LogP) is -2.64. The van der Waals surface area contributed by atoms with Crippen LogP contribution in [0.25, 0.3) is 10.8 Å². The number of hydrogen-bond donors (Lipinski definition) is 1. The van der Waals surface area contributed by atoms with E-state index in [2.05, 4.69) is 10.2 Å². The Morgan fingerprint density at radius 3 is 2.10 bits per heavy atom. The third-order valence-electron chi connectivity index (χ3n) is 3.49. The van der Waals surface area contributed by atoms with E-state index in [0.717, 1.165) is 6.07 Å². The first kappa shape index (κ1) is 28.1. The van der Waals surface area contributed by atoms with Crippen molar-refractivity contribution in [2.45, 2.75) is 9.79 Å². The van der Waals surface area contributed by atoms with Gasteiger partial charge in [0.2, 0.25) is 0 Å². The largest absolute Gasteiger partial charge is 1.00 e.